The summed E-state index contributed by atoms with van der Waals surface area (Å²) in [5.41, 5.74) is 1.27. The van der Waals surface area contributed by atoms with Gasteiger partial charge in [0.2, 0.25) is 0 Å². The summed E-state index contributed by atoms with van der Waals surface area (Å²) in [6, 6.07) is 15.1. The fourth-order valence-electron chi connectivity index (χ4n) is 2.80. The minimum atomic E-state index is -0.342. The van der Waals surface area contributed by atoms with Crippen molar-refractivity contribution < 1.29 is 5.11 Å². The second-order valence-corrected chi connectivity index (χ2v) is 7.04. The smallest absolute Gasteiger partial charge is 0.0791 e. The number of fused-ring (bicyclic) bond motifs is 1. The molecule has 0 amide bonds. The maximum absolute atomic E-state index is 9.99. The highest BCUT2D eigenvalue weighted by atomic mass is 16.3. The SMILES string of the molecule is CN(C)C[C@H](O)CNC(C)(C)Cc1ccc2ccccc2c1. The molecule has 0 aliphatic heterocycles. The maximum atomic E-state index is 9.99. The van der Waals surface area contributed by atoms with Crippen LogP contribution in [0.15, 0.2) is 42.5 Å². The molecule has 0 bridgehead atoms. The number of β-amino-alcohol motifs (C(OH)–C–C–N with tert-alkyl or cyclic N) is 1. The third kappa shape index (κ3) is 5.09. The zero-order chi connectivity index (χ0) is 16.2. The van der Waals surface area contributed by atoms with Gasteiger partial charge in [-0.15, -0.1) is 0 Å². The topological polar surface area (TPSA) is 35.5 Å². The molecular formula is C19H28N2O. The van der Waals surface area contributed by atoms with Crippen molar-refractivity contribution in [1.29, 1.82) is 0 Å². The molecule has 0 aliphatic rings. The Balaban J connectivity index is 1.97. The molecule has 0 fully saturated rings. The summed E-state index contributed by atoms with van der Waals surface area (Å²) in [4.78, 5) is 2.00. The summed E-state index contributed by atoms with van der Waals surface area (Å²) in [5, 5.41) is 16.0. The second-order valence-electron chi connectivity index (χ2n) is 7.04. The van der Waals surface area contributed by atoms with Crippen LogP contribution in [-0.2, 0) is 6.42 Å². The van der Waals surface area contributed by atoms with Gasteiger partial charge in [0.25, 0.3) is 0 Å². The fourth-order valence-corrected chi connectivity index (χ4v) is 2.80. The van der Waals surface area contributed by atoms with E-state index in [0.29, 0.717) is 13.1 Å². The van der Waals surface area contributed by atoms with Crippen molar-refractivity contribution in [3.8, 4) is 0 Å². The maximum Gasteiger partial charge on any atom is 0.0791 e. The van der Waals surface area contributed by atoms with Gasteiger partial charge < -0.3 is 15.3 Å². The molecule has 120 valence electrons. The Hall–Kier alpha value is -1.42. The van der Waals surface area contributed by atoms with Gasteiger partial charge in [-0.05, 0) is 50.7 Å². The van der Waals surface area contributed by atoms with Gasteiger partial charge in [0.1, 0.15) is 0 Å². The molecule has 0 radical (unpaired) electrons. The predicted octanol–water partition coefficient (Wildman–Crippen LogP) is 2.67. The minimum Gasteiger partial charge on any atom is -0.390 e. The van der Waals surface area contributed by atoms with Gasteiger partial charge in [-0.2, -0.15) is 0 Å². The van der Waals surface area contributed by atoms with Gasteiger partial charge in [0.05, 0.1) is 6.10 Å². The van der Waals surface area contributed by atoms with Gasteiger partial charge in [-0.25, -0.2) is 0 Å². The quantitative estimate of drug-likeness (QED) is 0.825. The third-order valence-corrected chi connectivity index (χ3v) is 3.85. The van der Waals surface area contributed by atoms with Crippen LogP contribution in [0.4, 0.5) is 0 Å². The lowest BCUT2D eigenvalue weighted by molar-refractivity contribution is 0.125. The molecule has 0 saturated heterocycles. The van der Waals surface area contributed by atoms with E-state index in [1.54, 1.807) is 0 Å². The molecule has 1 atom stereocenters. The number of rotatable bonds is 7. The Labute approximate surface area is 134 Å². The van der Waals surface area contributed by atoms with E-state index in [-0.39, 0.29) is 11.6 Å². The molecule has 0 heterocycles. The van der Waals surface area contributed by atoms with Crippen molar-refractivity contribution in [1.82, 2.24) is 10.2 Å². The van der Waals surface area contributed by atoms with Crippen LogP contribution in [0.3, 0.4) is 0 Å². The van der Waals surface area contributed by atoms with E-state index in [4.69, 9.17) is 0 Å². The zero-order valence-electron chi connectivity index (χ0n) is 14.1. The molecular weight excluding hydrogens is 272 g/mol. The van der Waals surface area contributed by atoms with E-state index in [1.807, 2.05) is 19.0 Å². The van der Waals surface area contributed by atoms with Crippen LogP contribution in [0.2, 0.25) is 0 Å². The van der Waals surface area contributed by atoms with Crippen LogP contribution in [0.5, 0.6) is 0 Å². The van der Waals surface area contributed by atoms with E-state index >= 15 is 0 Å². The number of nitrogens with one attached hydrogen (secondary N) is 1. The monoisotopic (exact) mass is 300 g/mol. The van der Waals surface area contributed by atoms with Crippen LogP contribution in [-0.4, -0.2) is 48.8 Å². The Morgan fingerprint density at radius 2 is 1.77 bits per heavy atom. The lowest BCUT2D eigenvalue weighted by Gasteiger charge is -2.29. The molecule has 0 aromatic heterocycles. The van der Waals surface area contributed by atoms with Gasteiger partial charge in [-0.3, -0.25) is 0 Å². The number of nitrogens with zero attached hydrogens (tertiary/aromatic N) is 1. The second kappa shape index (κ2) is 7.23. The first-order valence-corrected chi connectivity index (χ1v) is 7.91. The van der Waals surface area contributed by atoms with Gasteiger partial charge in [-0.1, -0.05) is 42.5 Å². The first kappa shape index (κ1) is 16.9. The molecule has 2 N–H and O–H groups in total. The highest BCUT2D eigenvalue weighted by Gasteiger charge is 2.19. The highest BCUT2D eigenvalue weighted by Crippen LogP contribution is 2.19. The standard InChI is InChI=1S/C19H28N2O/c1-19(2,20-13-18(22)14-21(3)4)12-15-9-10-16-7-5-6-8-17(16)11-15/h5-11,18,20,22H,12-14H2,1-4H3/t18-/m1/s1. The summed E-state index contributed by atoms with van der Waals surface area (Å²) in [6.45, 7) is 5.66. The number of aliphatic hydroxyl groups is 1. The number of hydrogen-bond acceptors (Lipinski definition) is 3. The molecule has 2 rings (SSSR count). The first-order valence-electron chi connectivity index (χ1n) is 7.91. The Bertz CT molecular complexity index is 607. The summed E-state index contributed by atoms with van der Waals surface area (Å²) >= 11 is 0. The largest absolute Gasteiger partial charge is 0.390 e. The first-order chi connectivity index (χ1) is 10.4. The lowest BCUT2D eigenvalue weighted by Crippen LogP contribution is -2.46. The van der Waals surface area contributed by atoms with Crippen molar-refractivity contribution in [3.05, 3.63) is 48.0 Å². The normalized spacial score (nSPS) is 13.7. The number of benzene rings is 2. The average Bonchev–Trinajstić information content (AvgIpc) is 2.44. The van der Waals surface area contributed by atoms with E-state index in [1.165, 1.54) is 16.3 Å². The summed E-state index contributed by atoms with van der Waals surface area (Å²) < 4.78 is 0. The molecule has 0 aliphatic carbocycles. The molecule has 22 heavy (non-hydrogen) atoms. The van der Waals surface area contributed by atoms with Gasteiger partial charge in [0.15, 0.2) is 0 Å². The minimum absolute atomic E-state index is 0.0459. The van der Waals surface area contributed by atoms with Gasteiger partial charge >= 0.3 is 0 Å². The number of aliphatic hydroxyl groups excluding tert-OH is 1. The van der Waals surface area contributed by atoms with Crippen molar-refractivity contribution >= 4 is 10.8 Å². The molecule has 2 aromatic rings. The van der Waals surface area contributed by atoms with Gasteiger partial charge in [0, 0.05) is 18.6 Å². The Kier molecular flexibility index (Phi) is 5.57. The number of likely N-dealkylation sites (N-methyl/N-ethyl adjacent to an activating group) is 1. The van der Waals surface area contributed by atoms with Crippen LogP contribution in [0.1, 0.15) is 19.4 Å². The van der Waals surface area contributed by atoms with Crippen molar-refractivity contribution in [3.63, 3.8) is 0 Å². The van der Waals surface area contributed by atoms with Crippen LogP contribution in [0.25, 0.3) is 10.8 Å². The molecule has 2 aromatic carbocycles. The highest BCUT2D eigenvalue weighted by molar-refractivity contribution is 5.83. The fraction of sp³-hybridized carbons (Fsp3) is 0.474. The summed E-state index contributed by atoms with van der Waals surface area (Å²) in [6.07, 6.45) is 0.595. The van der Waals surface area contributed by atoms with Crippen molar-refractivity contribution in [2.24, 2.45) is 0 Å². The van der Waals surface area contributed by atoms with Crippen molar-refractivity contribution in [2.75, 3.05) is 27.2 Å². The van der Waals surface area contributed by atoms with E-state index in [2.05, 4.69) is 61.6 Å². The molecule has 3 nitrogen and oxygen atoms in total. The summed E-state index contributed by atoms with van der Waals surface area (Å²) in [7, 11) is 3.95. The molecule has 3 heteroatoms. The van der Waals surface area contributed by atoms with E-state index in [9.17, 15) is 5.11 Å². The molecule has 0 spiro atoms. The van der Waals surface area contributed by atoms with Crippen LogP contribution >= 0.6 is 0 Å². The predicted molar refractivity (Wildman–Crippen MR) is 94.3 cm³/mol. The Morgan fingerprint density at radius 1 is 1.09 bits per heavy atom. The average molecular weight is 300 g/mol. The van der Waals surface area contributed by atoms with Crippen molar-refractivity contribution in [2.45, 2.75) is 31.9 Å². The Morgan fingerprint density at radius 3 is 2.45 bits per heavy atom. The molecule has 0 saturated carbocycles. The lowest BCUT2D eigenvalue weighted by atomic mass is 9.93. The van der Waals surface area contributed by atoms with E-state index < -0.39 is 0 Å². The third-order valence-electron chi connectivity index (χ3n) is 3.85. The van der Waals surface area contributed by atoms with Crippen LogP contribution in [0, 0.1) is 0 Å². The summed E-state index contributed by atoms with van der Waals surface area (Å²) in [5.74, 6) is 0. The van der Waals surface area contributed by atoms with E-state index in [0.717, 1.165) is 6.42 Å². The zero-order valence-corrected chi connectivity index (χ0v) is 14.1. The van der Waals surface area contributed by atoms with Crippen LogP contribution < -0.4 is 5.32 Å². The molecule has 0 unspecified atom stereocenters. The number of hydrogen-bond donors (Lipinski definition) is 2.